The number of methoxy groups -OCH3 is 1. The molecule has 0 heterocycles. The number of hydrogen-bond donors (Lipinski definition) is 1. The van der Waals surface area contributed by atoms with E-state index in [0.717, 1.165) is 28.6 Å². The standard InChI is InChI=1S/C12H17BrO2/c1-8-7-11(13)9(2)12(15-3)10(8)5-4-6-14/h7,14H,4-6H2,1-3H3. The quantitative estimate of drug-likeness (QED) is 0.913. The molecule has 1 rings (SSSR count). The summed E-state index contributed by atoms with van der Waals surface area (Å²) in [6, 6.07) is 2.10. The molecule has 0 atom stereocenters. The van der Waals surface area contributed by atoms with Gasteiger partial charge in [-0.2, -0.15) is 0 Å². The molecule has 0 bridgehead atoms. The molecule has 84 valence electrons. The van der Waals surface area contributed by atoms with Crippen molar-refractivity contribution in [2.45, 2.75) is 26.7 Å². The molecule has 0 aliphatic heterocycles. The van der Waals surface area contributed by atoms with Crippen LogP contribution in [0.2, 0.25) is 0 Å². The zero-order valence-electron chi connectivity index (χ0n) is 9.43. The fraction of sp³-hybridized carbons (Fsp3) is 0.500. The van der Waals surface area contributed by atoms with Crippen LogP contribution in [0.25, 0.3) is 0 Å². The van der Waals surface area contributed by atoms with Crippen molar-refractivity contribution < 1.29 is 9.84 Å². The Morgan fingerprint density at radius 2 is 2.07 bits per heavy atom. The third kappa shape index (κ3) is 2.73. The second kappa shape index (κ2) is 5.52. The summed E-state index contributed by atoms with van der Waals surface area (Å²) in [7, 11) is 1.69. The molecule has 15 heavy (non-hydrogen) atoms. The van der Waals surface area contributed by atoms with Gasteiger partial charge in [-0.25, -0.2) is 0 Å². The largest absolute Gasteiger partial charge is 0.496 e. The second-order valence-electron chi connectivity index (χ2n) is 3.64. The van der Waals surface area contributed by atoms with E-state index in [2.05, 4.69) is 28.9 Å². The molecule has 0 spiro atoms. The number of benzene rings is 1. The van der Waals surface area contributed by atoms with Crippen LogP contribution in [-0.4, -0.2) is 18.8 Å². The van der Waals surface area contributed by atoms with Crippen LogP contribution in [-0.2, 0) is 6.42 Å². The summed E-state index contributed by atoms with van der Waals surface area (Å²) in [6.07, 6.45) is 1.64. The maximum absolute atomic E-state index is 8.86. The van der Waals surface area contributed by atoms with E-state index in [1.165, 1.54) is 11.1 Å². The Morgan fingerprint density at radius 3 is 2.60 bits per heavy atom. The number of ether oxygens (including phenoxy) is 1. The van der Waals surface area contributed by atoms with Crippen molar-refractivity contribution in [3.8, 4) is 5.75 Å². The van der Waals surface area contributed by atoms with Gasteiger partial charge in [0.05, 0.1) is 7.11 Å². The number of rotatable bonds is 4. The van der Waals surface area contributed by atoms with Gasteiger partial charge in [0.25, 0.3) is 0 Å². The third-order valence-electron chi connectivity index (χ3n) is 2.58. The van der Waals surface area contributed by atoms with Gasteiger partial charge >= 0.3 is 0 Å². The summed E-state index contributed by atoms with van der Waals surface area (Å²) < 4.78 is 6.50. The van der Waals surface area contributed by atoms with Crippen LogP contribution in [0.1, 0.15) is 23.1 Å². The number of halogens is 1. The van der Waals surface area contributed by atoms with Gasteiger partial charge < -0.3 is 9.84 Å². The highest BCUT2D eigenvalue weighted by Crippen LogP contribution is 2.33. The maximum Gasteiger partial charge on any atom is 0.126 e. The monoisotopic (exact) mass is 272 g/mol. The Labute approximate surface area is 99.4 Å². The highest BCUT2D eigenvalue weighted by Gasteiger charge is 2.12. The smallest absolute Gasteiger partial charge is 0.126 e. The van der Waals surface area contributed by atoms with E-state index in [1.54, 1.807) is 7.11 Å². The normalized spacial score (nSPS) is 10.5. The zero-order chi connectivity index (χ0) is 11.4. The first-order valence-electron chi connectivity index (χ1n) is 5.05. The lowest BCUT2D eigenvalue weighted by Gasteiger charge is -2.15. The molecule has 0 amide bonds. The molecule has 3 heteroatoms. The van der Waals surface area contributed by atoms with Gasteiger partial charge in [-0.1, -0.05) is 15.9 Å². The fourth-order valence-electron chi connectivity index (χ4n) is 1.74. The van der Waals surface area contributed by atoms with E-state index in [0.29, 0.717) is 0 Å². The van der Waals surface area contributed by atoms with E-state index in [4.69, 9.17) is 9.84 Å². The number of aryl methyl sites for hydroxylation is 1. The number of hydrogen-bond acceptors (Lipinski definition) is 2. The van der Waals surface area contributed by atoms with Gasteiger partial charge in [0, 0.05) is 16.6 Å². The summed E-state index contributed by atoms with van der Waals surface area (Å²) >= 11 is 3.51. The van der Waals surface area contributed by atoms with Gasteiger partial charge in [-0.3, -0.25) is 0 Å². The topological polar surface area (TPSA) is 29.5 Å². The van der Waals surface area contributed by atoms with E-state index >= 15 is 0 Å². The van der Waals surface area contributed by atoms with Crippen molar-refractivity contribution in [2.75, 3.05) is 13.7 Å². The lowest BCUT2D eigenvalue weighted by atomic mass is 10.00. The molecule has 1 N–H and O–H groups in total. The van der Waals surface area contributed by atoms with E-state index in [9.17, 15) is 0 Å². The molecule has 1 aromatic carbocycles. The Kier molecular flexibility index (Phi) is 4.61. The van der Waals surface area contributed by atoms with Gasteiger partial charge in [-0.05, 0) is 43.9 Å². The minimum absolute atomic E-state index is 0.220. The lowest BCUT2D eigenvalue weighted by molar-refractivity contribution is 0.287. The highest BCUT2D eigenvalue weighted by molar-refractivity contribution is 9.10. The predicted molar refractivity (Wildman–Crippen MR) is 65.6 cm³/mol. The Balaban J connectivity index is 3.16. The van der Waals surface area contributed by atoms with Crippen LogP contribution < -0.4 is 4.74 Å². The van der Waals surface area contributed by atoms with Crippen LogP contribution in [0, 0.1) is 13.8 Å². The molecule has 1 aromatic rings. The Hall–Kier alpha value is -0.540. The van der Waals surface area contributed by atoms with E-state index in [1.807, 2.05) is 6.92 Å². The van der Waals surface area contributed by atoms with Crippen LogP contribution in [0.4, 0.5) is 0 Å². The maximum atomic E-state index is 8.86. The van der Waals surface area contributed by atoms with Gasteiger partial charge in [-0.15, -0.1) is 0 Å². The first-order valence-corrected chi connectivity index (χ1v) is 5.84. The Morgan fingerprint density at radius 1 is 1.40 bits per heavy atom. The van der Waals surface area contributed by atoms with Crippen LogP contribution in [0.15, 0.2) is 10.5 Å². The summed E-state index contributed by atoms with van der Waals surface area (Å²) in [5, 5.41) is 8.86. The van der Waals surface area contributed by atoms with Gasteiger partial charge in [0.1, 0.15) is 5.75 Å². The molecular weight excluding hydrogens is 256 g/mol. The van der Waals surface area contributed by atoms with Crippen molar-refractivity contribution in [1.82, 2.24) is 0 Å². The highest BCUT2D eigenvalue weighted by atomic mass is 79.9. The fourth-order valence-corrected chi connectivity index (χ4v) is 2.27. The minimum Gasteiger partial charge on any atom is -0.496 e. The third-order valence-corrected chi connectivity index (χ3v) is 3.40. The molecular formula is C12H17BrO2. The molecule has 2 nitrogen and oxygen atoms in total. The van der Waals surface area contributed by atoms with Crippen molar-refractivity contribution in [3.63, 3.8) is 0 Å². The van der Waals surface area contributed by atoms with Crippen LogP contribution >= 0.6 is 15.9 Å². The molecule has 0 aliphatic rings. The first-order chi connectivity index (χ1) is 7.11. The molecule has 0 fully saturated rings. The predicted octanol–water partition coefficient (Wildman–Crippen LogP) is 3.00. The second-order valence-corrected chi connectivity index (χ2v) is 4.49. The first kappa shape index (κ1) is 12.5. The SMILES string of the molecule is COc1c(C)c(Br)cc(C)c1CCCO. The van der Waals surface area contributed by atoms with Gasteiger partial charge in [0.15, 0.2) is 0 Å². The van der Waals surface area contributed by atoms with Gasteiger partial charge in [0.2, 0.25) is 0 Å². The molecule has 0 radical (unpaired) electrons. The summed E-state index contributed by atoms with van der Waals surface area (Å²) in [5.41, 5.74) is 3.53. The molecule has 0 unspecified atom stereocenters. The van der Waals surface area contributed by atoms with Crippen molar-refractivity contribution >= 4 is 15.9 Å². The van der Waals surface area contributed by atoms with Crippen molar-refractivity contribution in [3.05, 3.63) is 27.2 Å². The summed E-state index contributed by atoms with van der Waals surface area (Å²) in [4.78, 5) is 0. The number of aliphatic hydroxyl groups is 1. The Bertz CT molecular complexity index is 348. The van der Waals surface area contributed by atoms with Crippen molar-refractivity contribution in [1.29, 1.82) is 0 Å². The average Bonchev–Trinajstić information content (AvgIpc) is 2.21. The molecule has 0 saturated carbocycles. The number of aliphatic hydroxyl groups excluding tert-OH is 1. The van der Waals surface area contributed by atoms with E-state index < -0.39 is 0 Å². The zero-order valence-corrected chi connectivity index (χ0v) is 11.0. The minimum atomic E-state index is 0.220. The van der Waals surface area contributed by atoms with Crippen LogP contribution in [0.3, 0.4) is 0 Å². The summed E-state index contributed by atoms with van der Waals surface area (Å²) in [6.45, 7) is 4.32. The van der Waals surface area contributed by atoms with Crippen LogP contribution in [0.5, 0.6) is 5.75 Å². The molecule has 0 aliphatic carbocycles. The van der Waals surface area contributed by atoms with Crippen molar-refractivity contribution in [2.24, 2.45) is 0 Å². The molecule has 0 saturated heterocycles. The lowest BCUT2D eigenvalue weighted by Crippen LogP contribution is -2.00. The molecule has 0 aromatic heterocycles. The summed E-state index contributed by atoms with van der Waals surface area (Å²) in [5.74, 6) is 0.940. The average molecular weight is 273 g/mol. The van der Waals surface area contributed by atoms with E-state index in [-0.39, 0.29) is 6.61 Å².